The number of hydrogen-bond donors (Lipinski definition) is 0. The molecular weight excluding hydrogens is 485 g/mol. The van der Waals surface area contributed by atoms with Crippen molar-refractivity contribution in [1.82, 2.24) is 7.24 Å². The maximum absolute atomic E-state index is 12.4. The van der Waals surface area contributed by atoms with E-state index in [1.165, 1.54) is 0 Å². The lowest BCUT2D eigenvalue weighted by atomic mass is 10.0. The van der Waals surface area contributed by atoms with Crippen molar-refractivity contribution < 1.29 is 52.7 Å². The Hall–Kier alpha value is -0.145. The molecule has 0 N–H and O–H groups in total. The zero-order valence-electron chi connectivity index (χ0n) is 11.0. The van der Waals surface area contributed by atoms with E-state index < -0.39 is 84.2 Å². The summed E-state index contributed by atoms with van der Waals surface area (Å²) in [7, 11) is -3.29. The molecule has 0 bridgehead atoms. The molecule has 0 heterocycles. The Balaban J connectivity index is 5.98. The van der Waals surface area contributed by atoms with Gasteiger partial charge in [-0.25, -0.2) is 0 Å². The van der Waals surface area contributed by atoms with E-state index in [1.807, 2.05) is 0 Å². The first kappa shape index (κ1) is 25.9. The molecule has 0 rings (SSSR count). The molecule has 0 saturated carbocycles. The van der Waals surface area contributed by atoms with Crippen LogP contribution in [0.1, 0.15) is 0 Å². The lowest BCUT2D eigenvalue weighted by molar-refractivity contribution is -0.0377. The molecular formula is C4BF12N5S4. The number of alkyl halides is 12. The minimum absolute atomic E-state index is 1.09. The number of nitrogens with zero attached hydrogens (tertiary/aromatic N) is 5. The normalized spacial score (nSPS) is 13.9. The van der Waals surface area contributed by atoms with Crippen LogP contribution in [0.4, 0.5) is 52.7 Å². The molecule has 0 aromatic rings. The quantitative estimate of drug-likeness (QED) is 0.102. The summed E-state index contributed by atoms with van der Waals surface area (Å²) in [5.41, 5.74) is -14.1. The van der Waals surface area contributed by atoms with Crippen molar-refractivity contribution in [3.63, 3.8) is 0 Å². The van der Waals surface area contributed by atoms with Crippen LogP contribution in [0.15, 0.2) is 5.03 Å². The number of rotatable bonds is 7. The third kappa shape index (κ3) is 13.1. The molecule has 0 aliphatic carbocycles. The highest BCUT2D eigenvalue weighted by Gasteiger charge is 2.51. The molecule has 5 nitrogen and oxygen atoms in total. The van der Waals surface area contributed by atoms with E-state index >= 15 is 0 Å². The first-order chi connectivity index (χ1) is 11.3. The topological polar surface area (TPSA) is 55.2 Å². The van der Waals surface area contributed by atoms with Gasteiger partial charge in [-0.3, -0.25) is 0 Å². The zero-order chi connectivity index (χ0) is 21.0. The smallest absolute Gasteiger partial charge is 0.196 e. The number of azide groups is 1. The highest BCUT2D eigenvalue weighted by molar-refractivity contribution is 8.17. The average molecular weight is 485 g/mol. The van der Waals surface area contributed by atoms with Gasteiger partial charge in [0.15, 0.2) is 0 Å². The van der Waals surface area contributed by atoms with E-state index in [9.17, 15) is 52.7 Å². The minimum Gasteiger partial charge on any atom is -0.196 e. The van der Waals surface area contributed by atoms with Crippen LogP contribution < -0.4 is 0 Å². The van der Waals surface area contributed by atoms with Gasteiger partial charge in [0.1, 0.15) is 0 Å². The van der Waals surface area contributed by atoms with Crippen LogP contribution in [-0.4, -0.2) is 36.4 Å². The van der Waals surface area contributed by atoms with Crippen molar-refractivity contribution in [2.75, 3.05) is 0 Å². The maximum Gasteiger partial charge on any atom is 0.456 e. The van der Waals surface area contributed by atoms with Crippen molar-refractivity contribution in [1.29, 1.82) is 0 Å². The van der Waals surface area contributed by atoms with Crippen molar-refractivity contribution in [2.24, 2.45) is 5.03 Å². The molecule has 0 aliphatic rings. The van der Waals surface area contributed by atoms with E-state index in [0.29, 0.717) is 0 Å². The molecule has 0 aliphatic heterocycles. The van der Waals surface area contributed by atoms with Gasteiger partial charge in [0.25, 0.3) is 0 Å². The lowest BCUT2D eigenvalue weighted by Crippen LogP contribution is -2.43. The van der Waals surface area contributed by atoms with Gasteiger partial charge in [0, 0.05) is 47.8 Å². The molecule has 26 heavy (non-hydrogen) atoms. The van der Waals surface area contributed by atoms with Crippen LogP contribution in [0.3, 0.4) is 0 Å². The third-order valence-electron chi connectivity index (χ3n) is 1.31. The molecule has 0 fully saturated rings. The second kappa shape index (κ2) is 9.37. The van der Waals surface area contributed by atoms with Gasteiger partial charge in [0.05, 0.1) is 0 Å². The van der Waals surface area contributed by atoms with Gasteiger partial charge in [-0.2, -0.15) is 59.9 Å². The summed E-state index contributed by atoms with van der Waals surface area (Å²) in [5, 5.41) is 2.21. The molecule has 0 aromatic carbocycles. The molecule has 0 atom stereocenters. The van der Waals surface area contributed by atoms with Crippen LogP contribution in [0.25, 0.3) is 10.4 Å². The van der Waals surface area contributed by atoms with E-state index in [1.54, 1.807) is 4.91 Å². The summed E-state index contributed by atoms with van der Waals surface area (Å²) < 4.78 is 146. The van der Waals surface area contributed by atoms with Crippen molar-refractivity contribution in [3.05, 3.63) is 10.4 Å². The zero-order valence-corrected chi connectivity index (χ0v) is 14.2. The fourth-order valence-electron chi connectivity index (χ4n) is 0.841. The first-order valence-corrected chi connectivity index (χ1v) is 8.08. The molecule has 0 unspecified atom stereocenters. The third-order valence-corrected chi connectivity index (χ3v) is 4.50. The number of halogens is 12. The lowest BCUT2D eigenvalue weighted by Gasteiger charge is -2.31. The second-order valence-electron chi connectivity index (χ2n) is 3.27. The second-order valence-corrected chi connectivity index (χ2v) is 7.89. The van der Waals surface area contributed by atoms with Crippen molar-refractivity contribution >= 4 is 54.9 Å². The van der Waals surface area contributed by atoms with E-state index in [-0.39, 0.29) is 0 Å². The standard InChI is InChI=1S/C4BF12N5S4/c6-1(7,8)23-21(24-2(9,10)11)5(19-20-18)22(25-3(12,13)14)26-4(15,16)17. The number of hydrogen-bond acceptors (Lipinski definition) is 7. The largest absolute Gasteiger partial charge is 0.456 e. The fourth-order valence-corrected chi connectivity index (χ4v) is 4.13. The van der Waals surface area contributed by atoms with Crippen LogP contribution in [0.2, 0.25) is 0 Å². The molecule has 0 spiro atoms. The van der Waals surface area contributed by atoms with E-state index in [0.717, 1.165) is 0 Å². The molecule has 0 aromatic heterocycles. The minimum atomic E-state index is -5.56. The van der Waals surface area contributed by atoms with Crippen LogP contribution in [0, 0.1) is 0 Å². The van der Waals surface area contributed by atoms with Gasteiger partial charge < -0.3 is 0 Å². The predicted molar refractivity (Wildman–Crippen MR) is 73.2 cm³/mol. The maximum atomic E-state index is 12.4. The highest BCUT2D eigenvalue weighted by Crippen LogP contribution is 2.50. The Kier molecular flexibility index (Phi) is 9.32. The Morgan fingerprint density at radius 3 is 1.00 bits per heavy atom. The molecule has 0 amide bonds. The summed E-state index contributed by atoms with van der Waals surface area (Å²) in [5.74, 6) is 0. The molecule has 22 heteroatoms. The highest BCUT2D eigenvalue weighted by atomic mass is 32.2. The summed E-state index contributed by atoms with van der Waals surface area (Å²) in [6.45, 7) is 0. The van der Waals surface area contributed by atoms with E-state index in [4.69, 9.17) is 5.53 Å². The first-order valence-electron chi connectivity index (χ1n) is 4.99. The summed E-state index contributed by atoms with van der Waals surface area (Å²) in [6.07, 6.45) is 0. The van der Waals surface area contributed by atoms with Gasteiger partial charge in [-0.05, 0) is 10.4 Å². The monoisotopic (exact) mass is 485 g/mol. The summed E-state index contributed by atoms with van der Waals surface area (Å²) >= 11 is -6.94. The van der Waals surface area contributed by atoms with Crippen molar-refractivity contribution in [3.8, 4) is 0 Å². The van der Waals surface area contributed by atoms with Gasteiger partial charge in [-0.15, -0.1) is 0 Å². The molecule has 152 valence electrons. The van der Waals surface area contributed by atoms with Crippen LogP contribution >= 0.6 is 47.8 Å². The Morgan fingerprint density at radius 1 is 0.615 bits per heavy atom. The van der Waals surface area contributed by atoms with Crippen molar-refractivity contribution in [2.45, 2.75) is 22.0 Å². The van der Waals surface area contributed by atoms with Crippen LogP contribution in [0.5, 0.6) is 0 Å². The Bertz CT molecular complexity index is 430. The molecule has 0 saturated heterocycles. The summed E-state index contributed by atoms with van der Waals surface area (Å²) in [6, 6.07) is 0. The SMILES string of the molecule is [N-]=[N+]=NB(N(SC(F)(F)F)SC(F)(F)F)N(SC(F)(F)F)SC(F)(F)F. The predicted octanol–water partition coefficient (Wildman–Crippen LogP) is 6.56. The average Bonchev–Trinajstić information content (AvgIpc) is 2.26. The van der Waals surface area contributed by atoms with E-state index in [2.05, 4.69) is 5.03 Å². The summed E-state index contributed by atoms with van der Waals surface area (Å²) in [4.78, 5) is 1.72. The van der Waals surface area contributed by atoms with Gasteiger partial charge in [-0.1, -0.05) is 5.03 Å². The van der Waals surface area contributed by atoms with Gasteiger partial charge in [0.2, 0.25) is 0 Å². The van der Waals surface area contributed by atoms with Crippen LogP contribution in [-0.2, 0) is 0 Å². The van der Waals surface area contributed by atoms with Gasteiger partial charge >= 0.3 is 29.2 Å². The fraction of sp³-hybridized carbons (Fsp3) is 1.00. The Morgan fingerprint density at radius 2 is 0.846 bits per heavy atom. The molecule has 0 radical (unpaired) electrons. The Labute approximate surface area is 152 Å².